The third-order valence-corrected chi connectivity index (χ3v) is 5.79. The minimum atomic E-state index is -1.51. The topological polar surface area (TPSA) is 104 Å². The van der Waals surface area contributed by atoms with E-state index < -0.39 is 22.9 Å². The first-order valence-electron chi connectivity index (χ1n) is 8.29. The van der Waals surface area contributed by atoms with E-state index in [1.807, 2.05) is 0 Å². The van der Waals surface area contributed by atoms with E-state index in [9.17, 15) is 18.9 Å². The predicted molar refractivity (Wildman–Crippen MR) is 89.0 cm³/mol. The van der Waals surface area contributed by atoms with Crippen LogP contribution in [0.2, 0.25) is 0 Å². The zero-order valence-corrected chi connectivity index (χ0v) is 14.5. The Morgan fingerprint density at radius 1 is 1.24 bits per heavy atom. The molecule has 1 atom stereocenters. The number of ketones is 3. The number of carbonyl (C=O) groups is 3. The monoisotopic (exact) mass is 359 g/mol. The Kier molecular flexibility index (Phi) is 3.96. The van der Waals surface area contributed by atoms with Crippen molar-refractivity contribution in [1.29, 1.82) is 0 Å². The summed E-state index contributed by atoms with van der Waals surface area (Å²) in [5.41, 5.74) is 0.501. The second-order valence-corrected chi connectivity index (χ2v) is 7.94. The van der Waals surface area contributed by atoms with Crippen LogP contribution in [0.15, 0.2) is 17.2 Å². The summed E-state index contributed by atoms with van der Waals surface area (Å²) in [6.45, 7) is 0. The lowest BCUT2D eigenvalue weighted by molar-refractivity contribution is -0.133. The van der Waals surface area contributed by atoms with Crippen LogP contribution in [0.5, 0.6) is 0 Å². The molecule has 2 aromatic heterocycles. The van der Waals surface area contributed by atoms with Crippen LogP contribution in [-0.2, 0) is 20.8 Å². The van der Waals surface area contributed by atoms with Gasteiger partial charge in [-0.25, -0.2) is 0 Å². The van der Waals surface area contributed by atoms with Crippen molar-refractivity contribution in [3.63, 3.8) is 0 Å². The lowest BCUT2D eigenvalue weighted by atomic mass is 9.82. The number of pyridine rings is 1. The molecule has 1 unspecified atom stereocenters. The SMILES string of the molecule is C[S+]([O-])c1c(C(=O)C2C(=O)CCCC2=O)ccn2c(C3CC3)nnc12. The maximum absolute atomic E-state index is 12.9. The fraction of sp³-hybridized carbons (Fsp3) is 0.471. The number of fused-ring (bicyclic) bond motifs is 1. The second kappa shape index (κ2) is 6.03. The number of aromatic nitrogens is 3. The van der Waals surface area contributed by atoms with E-state index in [-0.39, 0.29) is 34.9 Å². The highest BCUT2D eigenvalue weighted by Gasteiger charge is 2.40. The molecule has 7 nitrogen and oxygen atoms in total. The Bertz CT molecular complexity index is 885. The van der Waals surface area contributed by atoms with Gasteiger partial charge in [-0.2, -0.15) is 0 Å². The molecule has 2 fully saturated rings. The van der Waals surface area contributed by atoms with Gasteiger partial charge in [0.25, 0.3) is 0 Å². The van der Waals surface area contributed by atoms with E-state index in [0.29, 0.717) is 18.0 Å². The molecule has 2 aromatic rings. The number of hydrogen-bond donors (Lipinski definition) is 0. The maximum atomic E-state index is 12.9. The van der Waals surface area contributed by atoms with Crippen LogP contribution in [0.1, 0.15) is 54.2 Å². The quantitative estimate of drug-likeness (QED) is 0.465. The lowest BCUT2D eigenvalue weighted by Crippen LogP contribution is -2.36. The summed E-state index contributed by atoms with van der Waals surface area (Å²) in [4.78, 5) is 37.4. The summed E-state index contributed by atoms with van der Waals surface area (Å²) in [6.07, 6.45) is 6.15. The molecule has 0 saturated heterocycles. The van der Waals surface area contributed by atoms with Crippen LogP contribution >= 0.6 is 0 Å². The van der Waals surface area contributed by atoms with Crippen molar-refractivity contribution >= 4 is 34.2 Å². The fourth-order valence-electron chi connectivity index (χ4n) is 3.40. The molecule has 0 N–H and O–H groups in total. The Morgan fingerprint density at radius 2 is 1.92 bits per heavy atom. The van der Waals surface area contributed by atoms with E-state index in [1.54, 1.807) is 10.6 Å². The molecule has 0 radical (unpaired) electrons. The Labute approximate surface area is 147 Å². The highest BCUT2D eigenvalue weighted by atomic mass is 32.2. The molecule has 2 heterocycles. The summed E-state index contributed by atoms with van der Waals surface area (Å²) in [7, 11) is 0. The van der Waals surface area contributed by atoms with Crippen LogP contribution in [0.3, 0.4) is 0 Å². The van der Waals surface area contributed by atoms with Gasteiger partial charge < -0.3 is 4.55 Å². The fourth-order valence-corrected chi connectivity index (χ4v) is 4.28. The van der Waals surface area contributed by atoms with Crippen LogP contribution in [0.25, 0.3) is 5.65 Å². The third kappa shape index (κ3) is 2.69. The molecule has 2 aliphatic rings. The lowest BCUT2D eigenvalue weighted by Gasteiger charge is -2.19. The molecule has 0 aromatic carbocycles. The number of rotatable bonds is 4. The first-order valence-corrected chi connectivity index (χ1v) is 9.85. The average molecular weight is 359 g/mol. The van der Waals surface area contributed by atoms with Crippen molar-refractivity contribution in [2.75, 3.05) is 6.26 Å². The van der Waals surface area contributed by atoms with E-state index in [4.69, 9.17) is 0 Å². The molecule has 130 valence electrons. The Hall–Kier alpha value is -2.06. The number of Topliss-reactive ketones (excluding diaryl/α,β-unsaturated/α-hetero) is 3. The number of hydrogen-bond acceptors (Lipinski definition) is 6. The van der Waals surface area contributed by atoms with Gasteiger partial charge in [-0.1, -0.05) is 0 Å². The van der Waals surface area contributed by atoms with Crippen molar-refractivity contribution < 1.29 is 18.9 Å². The zero-order chi connectivity index (χ0) is 17.7. The normalized spacial score (nSPS) is 20.2. The Morgan fingerprint density at radius 3 is 2.52 bits per heavy atom. The first kappa shape index (κ1) is 16.4. The van der Waals surface area contributed by atoms with Gasteiger partial charge in [0.05, 0.1) is 5.56 Å². The molecule has 8 heteroatoms. The standard InChI is InChI=1S/C17H17N3O4S/c1-25(24)15-10(14(23)13-11(21)3-2-4-12(13)22)7-8-20-16(9-5-6-9)18-19-17(15)20/h7-9,13H,2-6H2,1H3. The molecule has 2 aliphatic carbocycles. The summed E-state index contributed by atoms with van der Waals surface area (Å²) in [6, 6.07) is 1.54. The second-order valence-electron chi connectivity index (χ2n) is 6.62. The van der Waals surface area contributed by atoms with Gasteiger partial charge in [0, 0.05) is 25.0 Å². The van der Waals surface area contributed by atoms with Gasteiger partial charge in [0.2, 0.25) is 10.5 Å². The van der Waals surface area contributed by atoms with Gasteiger partial charge in [-0.05, 0) is 36.5 Å². The van der Waals surface area contributed by atoms with Crippen LogP contribution in [0, 0.1) is 5.92 Å². The molecular weight excluding hydrogens is 342 g/mol. The summed E-state index contributed by atoms with van der Waals surface area (Å²) < 4.78 is 14.1. The molecule has 0 aliphatic heterocycles. The van der Waals surface area contributed by atoms with Crippen molar-refractivity contribution in [2.45, 2.75) is 42.9 Å². The molecular formula is C17H17N3O4S. The van der Waals surface area contributed by atoms with Crippen molar-refractivity contribution in [3.8, 4) is 0 Å². The van der Waals surface area contributed by atoms with Crippen LogP contribution in [-0.4, -0.2) is 42.8 Å². The molecule has 25 heavy (non-hydrogen) atoms. The van der Waals surface area contributed by atoms with Gasteiger partial charge in [0.15, 0.2) is 17.3 Å². The third-order valence-electron chi connectivity index (χ3n) is 4.81. The molecule has 4 rings (SSSR count). The van der Waals surface area contributed by atoms with Gasteiger partial charge >= 0.3 is 0 Å². The smallest absolute Gasteiger partial charge is 0.217 e. The van der Waals surface area contributed by atoms with E-state index in [1.165, 1.54) is 12.3 Å². The van der Waals surface area contributed by atoms with Gasteiger partial charge in [0.1, 0.15) is 18.0 Å². The minimum absolute atomic E-state index is 0.136. The summed E-state index contributed by atoms with van der Waals surface area (Å²) in [5.74, 6) is -1.41. The van der Waals surface area contributed by atoms with E-state index in [0.717, 1.165) is 18.7 Å². The van der Waals surface area contributed by atoms with Crippen molar-refractivity contribution in [2.24, 2.45) is 5.92 Å². The highest BCUT2D eigenvalue weighted by molar-refractivity contribution is 7.91. The van der Waals surface area contributed by atoms with Gasteiger partial charge in [-0.15, -0.1) is 10.2 Å². The minimum Gasteiger partial charge on any atom is -0.612 e. The van der Waals surface area contributed by atoms with Crippen molar-refractivity contribution in [1.82, 2.24) is 14.6 Å². The zero-order valence-electron chi connectivity index (χ0n) is 13.7. The van der Waals surface area contributed by atoms with Crippen LogP contribution in [0.4, 0.5) is 0 Å². The summed E-state index contributed by atoms with van der Waals surface area (Å²) >= 11 is -1.51. The molecule has 0 amide bonds. The largest absolute Gasteiger partial charge is 0.612 e. The predicted octanol–water partition coefficient (Wildman–Crippen LogP) is 1.47. The first-order chi connectivity index (χ1) is 12.0. The number of nitrogens with zero attached hydrogens (tertiary/aromatic N) is 3. The molecule has 0 spiro atoms. The van der Waals surface area contributed by atoms with E-state index >= 15 is 0 Å². The van der Waals surface area contributed by atoms with Gasteiger partial charge in [-0.3, -0.25) is 18.8 Å². The van der Waals surface area contributed by atoms with Crippen LogP contribution < -0.4 is 0 Å². The number of carbonyl (C=O) groups excluding carboxylic acids is 3. The maximum Gasteiger partial charge on any atom is 0.217 e. The van der Waals surface area contributed by atoms with Crippen molar-refractivity contribution in [3.05, 3.63) is 23.7 Å². The summed E-state index contributed by atoms with van der Waals surface area (Å²) in [5, 5.41) is 8.30. The average Bonchev–Trinajstić information content (AvgIpc) is 3.32. The molecule has 2 saturated carbocycles. The molecule has 0 bridgehead atoms. The van der Waals surface area contributed by atoms with E-state index in [2.05, 4.69) is 10.2 Å². The Balaban J connectivity index is 1.83. The highest BCUT2D eigenvalue weighted by Crippen LogP contribution is 2.39.